The molecule has 0 aliphatic heterocycles. The van der Waals surface area contributed by atoms with Gasteiger partial charge in [0.25, 0.3) is 0 Å². The Balaban J connectivity index is 1.41. The minimum atomic E-state index is -0.409. The van der Waals surface area contributed by atoms with Gasteiger partial charge in [-0.25, -0.2) is 9.37 Å². The zero-order valence-electron chi connectivity index (χ0n) is 18.8. The fraction of sp³-hybridized carbons (Fsp3) is 0.391. The molecule has 4 aromatic rings. The molecule has 0 aromatic carbocycles. The van der Waals surface area contributed by atoms with Crippen LogP contribution in [0.4, 0.5) is 10.3 Å². The van der Waals surface area contributed by atoms with Gasteiger partial charge in [-0.1, -0.05) is 0 Å². The van der Waals surface area contributed by atoms with Gasteiger partial charge >= 0.3 is 0 Å². The van der Waals surface area contributed by atoms with Gasteiger partial charge in [0.1, 0.15) is 5.65 Å². The van der Waals surface area contributed by atoms with Gasteiger partial charge < -0.3 is 24.3 Å². The van der Waals surface area contributed by atoms with Crippen LogP contribution in [-0.2, 0) is 4.79 Å². The Kier molecular flexibility index (Phi) is 5.35. The van der Waals surface area contributed by atoms with E-state index in [1.54, 1.807) is 49.1 Å². The zero-order valence-corrected chi connectivity index (χ0v) is 18.8. The summed E-state index contributed by atoms with van der Waals surface area (Å²) in [5.74, 6) is 0.730. The number of ether oxygens (including phenoxy) is 1. The van der Waals surface area contributed by atoms with Crippen molar-refractivity contribution < 1.29 is 13.9 Å². The van der Waals surface area contributed by atoms with Gasteiger partial charge in [0.15, 0.2) is 11.5 Å². The average molecular weight is 452 g/mol. The fourth-order valence-corrected chi connectivity index (χ4v) is 4.61. The molecular weight excluding hydrogens is 425 g/mol. The second kappa shape index (κ2) is 8.34. The number of hydrogen-bond acceptors (Lipinski definition) is 6. The van der Waals surface area contributed by atoms with Crippen LogP contribution >= 0.6 is 0 Å². The number of aromatic amines is 1. The van der Waals surface area contributed by atoms with Crippen LogP contribution in [0.5, 0.6) is 5.88 Å². The van der Waals surface area contributed by atoms with E-state index in [0.29, 0.717) is 28.4 Å². The minimum absolute atomic E-state index is 0.0789. The van der Waals surface area contributed by atoms with E-state index in [-0.39, 0.29) is 23.5 Å². The summed E-state index contributed by atoms with van der Waals surface area (Å²) < 4.78 is 21.7. The summed E-state index contributed by atoms with van der Waals surface area (Å²) in [6.45, 7) is 0. The standard InChI is InChI=1S/C23H26FN7O2/c1-30(2)22(32)13-4-6-15(7-5-13)27-23-28-19-18(21(29-23)33-3)16(11-26-19)14-10-17(24)20-25-8-9-31(20)12-14/h8-13,15H,4-7H2,1-3H3,(H2,26,27,28,29)/t13-,15+. The third kappa shape index (κ3) is 3.85. The lowest BCUT2D eigenvalue weighted by Crippen LogP contribution is -2.35. The van der Waals surface area contributed by atoms with Crippen molar-refractivity contribution in [3.8, 4) is 17.0 Å². The third-order valence-electron chi connectivity index (χ3n) is 6.30. The number of aromatic nitrogens is 5. The number of nitrogens with one attached hydrogen (secondary N) is 2. The molecular formula is C23H26FN7O2. The molecule has 33 heavy (non-hydrogen) atoms. The minimum Gasteiger partial charge on any atom is -0.480 e. The molecule has 1 amide bonds. The van der Waals surface area contributed by atoms with Gasteiger partial charge in [-0.3, -0.25) is 4.79 Å². The smallest absolute Gasteiger partial charge is 0.228 e. The Morgan fingerprint density at radius 1 is 1.27 bits per heavy atom. The number of imidazole rings is 1. The summed E-state index contributed by atoms with van der Waals surface area (Å²) in [4.78, 5) is 30.3. The topological polar surface area (TPSA) is 100 Å². The molecule has 172 valence electrons. The molecule has 4 heterocycles. The Labute approximate surface area is 190 Å². The number of hydrogen-bond donors (Lipinski definition) is 2. The molecule has 10 heteroatoms. The van der Waals surface area contributed by atoms with Crippen molar-refractivity contribution in [2.24, 2.45) is 5.92 Å². The number of amides is 1. The molecule has 0 radical (unpaired) electrons. The largest absolute Gasteiger partial charge is 0.480 e. The maximum absolute atomic E-state index is 14.5. The SMILES string of the molecule is COc1nc(N[C@H]2CC[C@@H](C(=O)N(C)C)CC2)nc2[nH]cc(-c3cc(F)c4nccn4c3)c12. The van der Waals surface area contributed by atoms with Crippen molar-refractivity contribution >= 4 is 28.5 Å². The first kappa shape index (κ1) is 21.2. The maximum atomic E-state index is 14.5. The summed E-state index contributed by atoms with van der Waals surface area (Å²) in [5, 5.41) is 4.08. The van der Waals surface area contributed by atoms with Crippen LogP contribution in [0.3, 0.4) is 0 Å². The quantitative estimate of drug-likeness (QED) is 0.482. The van der Waals surface area contributed by atoms with Crippen LogP contribution in [0.25, 0.3) is 27.8 Å². The number of fused-ring (bicyclic) bond motifs is 2. The monoisotopic (exact) mass is 451 g/mol. The summed E-state index contributed by atoms with van der Waals surface area (Å²) >= 11 is 0. The fourth-order valence-electron chi connectivity index (χ4n) is 4.61. The molecule has 0 unspecified atom stereocenters. The van der Waals surface area contributed by atoms with Crippen molar-refractivity contribution in [1.29, 1.82) is 0 Å². The predicted molar refractivity (Wildman–Crippen MR) is 123 cm³/mol. The number of halogens is 1. The van der Waals surface area contributed by atoms with Gasteiger partial charge in [0, 0.05) is 62.0 Å². The number of methoxy groups -OCH3 is 1. The van der Waals surface area contributed by atoms with E-state index < -0.39 is 5.82 Å². The first-order chi connectivity index (χ1) is 15.9. The van der Waals surface area contributed by atoms with Crippen molar-refractivity contribution in [1.82, 2.24) is 29.2 Å². The second-order valence-corrected chi connectivity index (χ2v) is 8.64. The molecule has 0 atom stereocenters. The number of carbonyl (C=O) groups is 1. The molecule has 9 nitrogen and oxygen atoms in total. The van der Waals surface area contributed by atoms with Crippen LogP contribution in [-0.4, -0.2) is 62.4 Å². The molecule has 1 aliphatic carbocycles. The lowest BCUT2D eigenvalue weighted by molar-refractivity contribution is -0.133. The van der Waals surface area contributed by atoms with E-state index >= 15 is 0 Å². The normalized spacial score (nSPS) is 18.5. The van der Waals surface area contributed by atoms with Crippen molar-refractivity contribution in [3.05, 3.63) is 36.7 Å². The molecule has 0 bridgehead atoms. The first-order valence-electron chi connectivity index (χ1n) is 11.0. The zero-order chi connectivity index (χ0) is 23.1. The number of nitrogens with zero attached hydrogens (tertiary/aromatic N) is 5. The molecule has 1 aliphatic rings. The van der Waals surface area contributed by atoms with Crippen LogP contribution in [0.1, 0.15) is 25.7 Å². The van der Waals surface area contributed by atoms with E-state index in [0.717, 1.165) is 31.2 Å². The Bertz CT molecular complexity index is 1320. The van der Waals surface area contributed by atoms with E-state index in [1.807, 2.05) is 6.20 Å². The predicted octanol–water partition coefficient (Wildman–Crippen LogP) is 3.48. The van der Waals surface area contributed by atoms with Gasteiger partial charge in [0.05, 0.1) is 12.5 Å². The molecule has 0 spiro atoms. The molecule has 1 saturated carbocycles. The second-order valence-electron chi connectivity index (χ2n) is 8.64. The van der Waals surface area contributed by atoms with Crippen molar-refractivity contribution in [2.75, 3.05) is 26.5 Å². The summed E-state index contributed by atoms with van der Waals surface area (Å²) in [5.41, 5.74) is 2.28. The van der Waals surface area contributed by atoms with Gasteiger partial charge in [-0.15, -0.1) is 0 Å². The summed E-state index contributed by atoms with van der Waals surface area (Å²) in [6.07, 6.45) is 10.3. The van der Waals surface area contributed by atoms with Gasteiger partial charge in [0.2, 0.25) is 17.7 Å². The number of H-pyrrole nitrogens is 1. The highest BCUT2D eigenvalue weighted by Gasteiger charge is 2.28. The van der Waals surface area contributed by atoms with Crippen LogP contribution in [0.15, 0.2) is 30.9 Å². The van der Waals surface area contributed by atoms with E-state index in [1.165, 1.54) is 6.07 Å². The molecule has 2 N–H and O–H groups in total. The number of anilines is 1. The molecule has 4 aromatic heterocycles. The van der Waals surface area contributed by atoms with E-state index in [4.69, 9.17) is 4.74 Å². The number of rotatable bonds is 5. The van der Waals surface area contributed by atoms with Crippen LogP contribution < -0.4 is 10.1 Å². The summed E-state index contributed by atoms with van der Waals surface area (Å²) in [7, 11) is 5.16. The van der Waals surface area contributed by atoms with E-state index in [9.17, 15) is 9.18 Å². The Morgan fingerprint density at radius 2 is 2.06 bits per heavy atom. The number of carbonyl (C=O) groups excluding carboxylic acids is 1. The van der Waals surface area contributed by atoms with Crippen LogP contribution in [0.2, 0.25) is 0 Å². The maximum Gasteiger partial charge on any atom is 0.228 e. The third-order valence-corrected chi connectivity index (χ3v) is 6.30. The van der Waals surface area contributed by atoms with Crippen molar-refractivity contribution in [3.63, 3.8) is 0 Å². The average Bonchev–Trinajstić information content (AvgIpc) is 3.46. The first-order valence-corrected chi connectivity index (χ1v) is 11.0. The molecule has 1 fully saturated rings. The number of pyridine rings is 1. The highest BCUT2D eigenvalue weighted by molar-refractivity contribution is 5.97. The highest BCUT2D eigenvalue weighted by Crippen LogP contribution is 2.35. The van der Waals surface area contributed by atoms with Gasteiger partial charge in [-0.2, -0.15) is 9.97 Å². The van der Waals surface area contributed by atoms with Crippen molar-refractivity contribution in [2.45, 2.75) is 31.7 Å². The Morgan fingerprint density at radius 3 is 2.79 bits per heavy atom. The van der Waals surface area contributed by atoms with Crippen LogP contribution in [0, 0.1) is 11.7 Å². The summed E-state index contributed by atoms with van der Waals surface area (Å²) in [6, 6.07) is 1.63. The Hall–Kier alpha value is -3.69. The lowest BCUT2D eigenvalue weighted by atomic mass is 9.85. The lowest BCUT2D eigenvalue weighted by Gasteiger charge is -2.29. The van der Waals surface area contributed by atoms with E-state index in [2.05, 4.69) is 25.3 Å². The highest BCUT2D eigenvalue weighted by atomic mass is 19.1. The molecule has 5 rings (SSSR count). The van der Waals surface area contributed by atoms with Gasteiger partial charge in [-0.05, 0) is 31.7 Å². The molecule has 0 saturated heterocycles.